The van der Waals surface area contributed by atoms with Crippen molar-refractivity contribution in [1.82, 2.24) is 4.90 Å². The Morgan fingerprint density at radius 1 is 1.43 bits per heavy atom. The zero-order chi connectivity index (χ0) is 15.5. The van der Waals surface area contributed by atoms with Gasteiger partial charge in [0.2, 0.25) is 0 Å². The first-order valence-electron chi connectivity index (χ1n) is 6.88. The summed E-state index contributed by atoms with van der Waals surface area (Å²) in [6, 6.07) is 6.93. The number of benzene rings is 1. The minimum Gasteiger partial charge on any atom is -0.480 e. The smallest absolute Gasteiger partial charge is 0.329 e. The van der Waals surface area contributed by atoms with Crippen molar-refractivity contribution in [3.05, 3.63) is 29.8 Å². The molecule has 1 unspecified atom stereocenters. The number of aliphatic carboxylic acids is 1. The van der Waals surface area contributed by atoms with Crippen molar-refractivity contribution in [3.63, 3.8) is 0 Å². The van der Waals surface area contributed by atoms with Crippen LogP contribution in [0.5, 0.6) is 0 Å². The van der Waals surface area contributed by atoms with Crippen molar-refractivity contribution >= 4 is 17.7 Å². The van der Waals surface area contributed by atoms with E-state index in [-0.39, 0.29) is 6.03 Å². The maximum atomic E-state index is 12.4. The molecule has 1 aliphatic rings. The number of rotatable bonds is 4. The van der Waals surface area contributed by atoms with Gasteiger partial charge < -0.3 is 20.1 Å². The van der Waals surface area contributed by atoms with Crippen LogP contribution < -0.4 is 5.32 Å². The number of para-hydroxylation sites is 1. The molecule has 0 radical (unpaired) electrons. The normalized spacial score (nSPS) is 21.3. The van der Waals surface area contributed by atoms with E-state index >= 15 is 0 Å². The number of likely N-dealkylation sites (tertiary alicyclic amines) is 1. The SMILES string of the molecule is COCc1ccccc1NC(=O)N1CCCC1(C)C(=O)O. The van der Waals surface area contributed by atoms with E-state index in [1.54, 1.807) is 20.1 Å². The molecule has 1 aromatic carbocycles. The minimum absolute atomic E-state index is 0.382. The molecule has 1 saturated heterocycles. The predicted molar refractivity (Wildman–Crippen MR) is 78.2 cm³/mol. The van der Waals surface area contributed by atoms with E-state index in [4.69, 9.17) is 4.74 Å². The van der Waals surface area contributed by atoms with Gasteiger partial charge in [0.15, 0.2) is 0 Å². The van der Waals surface area contributed by atoms with Crippen LogP contribution in [0, 0.1) is 0 Å². The molecule has 2 amide bonds. The second kappa shape index (κ2) is 6.13. The number of methoxy groups -OCH3 is 1. The fourth-order valence-electron chi connectivity index (χ4n) is 2.62. The third-order valence-electron chi connectivity index (χ3n) is 3.91. The van der Waals surface area contributed by atoms with Crippen LogP contribution in [0.3, 0.4) is 0 Å². The van der Waals surface area contributed by atoms with Gasteiger partial charge in [-0.05, 0) is 25.8 Å². The van der Waals surface area contributed by atoms with Gasteiger partial charge in [0.25, 0.3) is 0 Å². The molecule has 0 aliphatic carbocycles. The van der Waals surface area contributed by atoms with Crippen LogP contribution in [0.1, 0.15) is 25.3 Å². The number of carbonyl (C=O) groups excluding carboxylic acids is 1. The Morgan fingerprint density at radius 3 is 2.81 bits per heavy atom. The second-order valence-electron chi connectivity index (χ2n) is 5.35. The number of amides is 2. The topological polar surface area (TPSA) is 78.9 Å². The molecule has 1 atom stereocenters. The summed E-state index contributed by atoms with van der Waals surface area (Å²) in [5, 5.41) is 12.1. The van der Waals surface area contributed by atoms with Crippen LogP contribution in [-0.2, 0) is 16.1 Å². The molecule has 0 saturated carbocycles. The predicted octanol–water partition coefficient (Wildman–Crippen LogP) is 2.30. The highest BCUT2D eigenvalue weighted by atomic mass is 16.5. The first-order valence-corrected chi connectivity index (χ1v) is 6.88. The van der Waals surface area contributed by atoms with Crippen molar-refractivity contribution < 1.29 is 19.4 Å². The molecule has 2 N–H and O–H groups in total. The van der Waals surface area contributed by atoms with Crippen molar-refractivity contribution in [2.45, 2.75) is 31.9 Å². The number of urea groups is 1. The first kappa shape index (κ1) is 15.3. The average Bonchev–Trinajstić information content (AvgIpc) is 2.85. The van der Waals surface area contributed by atoms with E-state index in [1.807, 2.05) is 18.2 Å². The average molecular weight is 292 g/mol. The Balaban J connectivity index is 2.17. The number of hydrogen-bond acceptors (Lipinski definition) is 3. The molecule has 1 aromatic rings. The highest BCUT2D eigenvalue weighted by Gasteiger charge is 2.46. The van der Waals surface area contributed by atoms with Gasteiger partial charge in [-0.2, -0.15) is 0 Å². The fourth-order valence-corrected chi connectivity index (χ4v) is 2.62. The summed E-state index contributed by atoms with van der Waals surface area (Å²) in [5.41, 5.74) is 0.355. The van der Waals surface area contributed by atoms with Gasteiger partial charge in [0.1, 0.15) is 5.54 Å². The summed E-state index contributed by atoms with van der Waals surface area (Å²) < 4.78 is 5.10. The van der Waals surface area contributed by atoms with Crippen molar-refractivity contribution in [1.29, 1.82) is 0 Å². The maximum absolute atomic E-state index is 12.4. The van der Waals surface area contributed by atoms with Gasteiger partial charge in [-0.1, -0.05) is 18.2 Å². The summed E-state index contributed by atoms with van der Waals surface area (Å²) >= 11 is 0. The summed E-state index contributed by atoms with van der Waals surface area (Å²) in [6.07, 6.45) is 1.16. The number of carboxylic acids is 1. The van der Waals surface area contributed by atoms with Crippen molar-refractivity contribution in [2.24, 2.45) is 0 Å². The third-order valence-corrected chi connectivity index (χ3v) is 3.91. The Kier molecular flexibility index (Phi) is 4.47. The number of nitrogens with zero attached hydrogens (tertiary/aromatic N) is 1. The van der Waals surface area contributed by atoms with E-state index in [0.29, 0.717) is 31.7 Å². The molecule has 1 heterocycles. The van der Waals surface area contributed by atoms with E-state index in [0.717, 1.165) is 5.56 Å². The van der Waals surface area contributed by atoms with E-state index in [2.05, 4.69) is 5.32 Å². The Labute approximate surface area is 123 Å². The standard InChI is InChI=1S/C15H20N2O4/c1-15(13(18)19)8-5-9-17(15)14(20)16-12-7-4-3-6-11(12)10-21-2/h3-4,6-7H,5,8-10H2,1-2H3,(H,16,20)(H,18,19). The number of anilines is 1. The van der Waals surface area contributed by atoms with Crippen LogP contribution in [0.15, 0.2) is 24.3 Å². The molecule has 1 fully saturated rings. The molecule has 0 spiro atoms. The number of ether oxygens (including phenoxy) is 1. The van der Waals surface area contributed by atoms with Crippen molar-refractivity contribution in [3.8, 4) is 0 Å². The van der Waals surface area contributed by atoms with Crippen LogP contribution >= 0.6 is 0 Å². The molecular weight excluding hydrogens is 272 g/mol. The van der Waals surface area contributed by atoms with Gasteiger partial charge >= 0.3 is 12.0 Å². The lowest BCUT2D eigenvalue weighted by Crippen LogP contribution is -2.52. The van der Waals surface area contributed by atoms with Gasteiger partial charge in [0, 0.05) is 24.9 Å². The fraction of sp³-hybridized carbons (Fsp3) is 0.467. The summed E-state index contributed by atoms with van der Waals surface area (Å²) in [7, 11) is 1.58. The lowest BCUT2D eigenvalue weighted by Gasteiger charge is -2.31. The zero-order valence-corrected chi connectivity index (χ0v) is 12.3. The minimum atomic E-state index is -1.14. The third kappa shape index (κ3) is 3.00. The number of carboxylic acid groups (broad SMARTS) is 1. The largest absolute Gasteiger partial charge is 0.480 e. The molecule has 2 rings (SSSR count). The molecule has 114 valence electrons. The number of nitrogens with one attached hydrogen (secondary N) is 1. The zero-order valence-electron chi connectivity index (χ0n) is 12.3. The van der Waals surface area contributed by atoms with E-state index in [1.165, 1.54) is 4.90 Å². The molecule has 0 aromatic heterocycles. The molecule has 1 aliphatic heterocycles. The van der Waals surface area contributed by atoms with Gasteiger partial charge in [-0.25, -0.2) is 9.59 Å². The van der Waals surface area contributed by atoms with Crippen LogP contribution in [-0.4, -0.2) is 41.2 Å². The van der Waals surface area contributed by atoms with Gasteiger partial charge in [-0.15, -0.1) is 0 Å². The number of carbonyl (C=O) groups is 2. The highest BCUT2D eigenvalue weighted by Crippen LogP contribution is 2.30. The molecular formula is C15H20N2O4. The first-order chi connectivity index (χ1) is 9.99. The Morgan fingerprint density at radius 2 is 2.14 bits per heavy atom. The summed E-state index contributed by atoms with van der Waals surface area (Å²) in [5.74, 6) is -0.972. The van der Waals surface area contributed by atoms with Gasteiger partial charge in [-0.3, -0.25) is 0 Å². The van der Waals surface area contributed by atoms with Crippen LogP contribution in [0.25, 0.3) is 0 Å². The maximum Gasteiger partial charge on any atom is 0.329 e. The molecule has 6 heteroatoms. The summed E-state index contributed by atoms with van der Waals surface area (Å²) in [6.45, 7) is 2.41. The number of hydrogen-bond donors (Lipinski definition) is 2. The Bertz CT molecular complexity index is 546. The lowest BCUT2D eigenvalue weighted by molar-refractivity contribution is -0.146. The highest BCUT2D eigenvalue weighted by molar-refractivity contribution is 5.94. The van der Waals surface area contributed by atoms with Crippen molar-refractivity contribution in [2.75, 3.05) is 19.0 Å². The second-order valence-corrected chi connectivity index (χ2v) is 5.35. The molecule has 0 bridgehead atoms. The Hall–Kier alpha value is -2.08. The lowest BCUT2D eigenvalue weighted by atomic mass is 10.00. The summed E-state index contributed by atoms with van der Waals surface area (Å²) in [4.78, 5) is 25.2. The quantitative estimate of drug-likeness (QED) is 0.892. The molecule has 6 nitrogen and oxygen atoms in total. The monoisotopic (exact) mass is 292 g/mol. The molecule has 21 heavy (non-hydrogen) atoms. The van der Waals surface area contributed by atoms with Crippen LogP contribution in [0.4, 0.5) is 10.5 Å². The van der Waals surface area contributed by atoms with E-state index in [9.17, 15) is 14.7 Å². The van der Waals surface area contributed by atoms with Gasteiger partial charge in [0.05, 0.1) is 6.61 Å². The van der Waals surface area contributed by atoms with Crippen LogP contribution in [0.2, 0.25) is 0 Å². The van der Waals surface area contributed by atoms with E-state index < -0.39 is 11.5 Å².